The number of ether oxygens (including phenoxy) is 1. The molecule has 0 spiro atoms. The quantitative estimate of drug-likeness (QED) is 0.551. The van der Waals surface area contributed by atoms with Crippen LogP contribution in [0.3, 0.4) is 0 Å². The maximum absolute atomic E-state index is 13.0. The van der Waals surface area contributed by atoms with E-state index in [1.54, 1.807) is 18.2 Å². The van der Waals surface area contributed by atoms with Gasteiger partial charge in [0.15, 0.2) is 0 Å². The van der Waals surface area contributed by atoms with Crippen LogP contribution < -0.4 is 4.74 Å². The first-order valence-electron chi connectivity index (χ1n) is 6.88. The summed E-state index contributed by atoms with van der Waals surface area (Å²) < 4.78 is 44.4. The molecule has 0 saturated carbocycles. The van der Waals surface area contributed by atoms with Crippen molar-refractivity contribution in [2.45, 2.75) is 12.8 Å². The van der Waals surface area contributed by atoms with E-state index in [-0.39, 0.29) is 12.4 Å². The molecule has 0 fully saturated rings. The fourth-order valence-corrected chi connectivity index (χ4v) is 2.98. The zero-order chi connectivity index (χ0) is 17.3. The van der Waals surface area contributed by atoms with Gasteiger partial charge in [0, 0.05) is 22.2 Å². The van der Waals surface area contributed by atoms with Crippen LogP contribution in [0, 0.1) is 0 Å². The Morgan fingerprint density at radius 1 is 1.04 bits per heavy atom. The molecule has 1 aromatic heterocycles. The molecule has 7 heteroatoms. The van der Waals surface area contributed by atoms with E-state index in [1.807, 2.05) is 0 Å². The maximum Gasteiger partial charge on any atom is 0.419 e. The average Bonchev–Trinajstić information content (AvgIpc) is 2.51. The molecular formula is C17H10Cl2F3NO. The minimum Gasteiger partial charge on any atom is -0.488 e. The smallest absolute Gasteiger partial charge is 0.419 e. The highest BCUT2D eigenvalue weighted by Crippen LogP contribution is 2.37. The van der Waals surface area contributed by atoms with Crippen molar-refractivity contribution in [3.63, 3.8) is 0 Å². The average molecular weight is 372 g/mol. The van der Waals surface area contributed by atoms with Gasteiger partial charge < -0.3 is 4.74 Å². The second-order valence-electron chi connectivity index (χ2n) is 5.03. The van der Waals surface area contributed by atoms with Crippen LogP contribution in [-0.4, -0.2) is 4.98 Å². The van der Waals surface area contributed by atoms with Gasteiger partial charge in [-0.1, -0.05) is 35.3 Å². The van der Waals surface area contributed by atoms with E-state index in [0.29, 0.717) is 26.5 Å². The molecule has 0 saturated heterocycles. The Morgan fingerprint density at radius 3 is 2.54 bits per heavy atom. The molecule has 124 valence electrons. The van der Waals surface area contributed by atoms with Gasteiger partial charge in [0.2, 0.25) is 0 Å². The van der Waals surface area contributed by atoms with Crippen molar-refractivity contribution >= 4 is 34.1 Å². The van der Waals surface area contributed by atoms with Crippen molar-refractivity contribution in [1.82, 2.24) is 4.98 Å². The standard InChI is InChI=1S/C17H10Cl2F3NO/c18-11-7-13(19)16-10(5-6-23-14(16)8-11)9-24-15-4-2-1-3-12(15)17(20,21)22/h1-8H,9H2. The lowest BCUT2D eigenvalue weighted by Gasteiger charge is -2.15. The van der Waals surface area contributed by atoms with Crippen molar-refractivity contribution in [2.75, 3.05) is 0 Å². The van der Waals surface area contributed by atoms with Crippen molar-refractivity contribution < 1.29 is 17.9 Å². The third-order valence-electron chi connectivity index (χ3n) is 3.42. The second kappa shape index (κ2) is 6.49. The van der Waals surface area contributed by atoms with Gasteiger partial charge in [-0.2, -0.15) is 13.2 Å². The first-order chi connectivity index (χ1) is 11.4. The second-order valence-corrected chi connectivity index (χ2v) is 5.88. The third kappa shape index (κ3) is 3.42. The van der Waals surface area contributed by atoms with Crippen LogP contribution >= 0.6 is 23.2 Å². The molecule has 0 radical (unpaired) electrons. The van der Waals surface area contributed by atoms with E-state index >= 15 is 0 Å². The van der Waals surface area contributed by atoms with Gasteiger partial charge in [0.25, 0.3) is 0 Å². The Labute approximate surface area is 145 Å². The summed E-state index contributed by atoms with van der Waals surface area (Å²) in [5, 5.41) is 1.40. The summed E-state index contributed by atoms with van der Waals surface area (Å²) in [5.41, 5.74) is 0.355. The van der Waals surface area contributed by atoms with Crippen LogP contribution in [0.1, 0.15) is 11.1 Å². The van der Waals surface area contributed by atoms with Gasteiger partial charge in [-0.25, -0.2) is 0 Å². The summed E-state index contributed by atoms with van der Waals surface area (Å²) >= 11 is 12.1. The van der Waals surface area contributed by atoms with E-state index in [4.69, 9.17) is 27.9 Å². The number of aromatic nitrogens is 1. The summed E-state index contributed by atoms with van der Waals surface area (Å²) in [7, 11) is 0. The number of hydrogen-bond acceptors (Lipinski definition) is 2. The van der Waals surface area contributed by atoms with Crippen molar-refractivity contribution in [1.29, 1.82) is 0 Å². The Bertz CT molecular complexity index is 897. The van der Waals surface area contributed by atoms with Crippen molar-refractivity contribution in [3.8, 4) is 5.75 Å². The number of pyridine rings is 1. The highest BCUT2D eigenvalue weighted by Gasteiger charge is 2.34. The van der Waals surface area contributed by atoms with Crippen LogP contribution in [0.25, 0.3) is 10.9 Å². The van der Waals surface area contributed by atoms with Gasteiger partial charge in [0.1, 0.15) is 12.4 Å². The Balaban J connectivity index is 1.96. The molecular weight excluding hydrogens is 362 g/mol. The first kappa shape index (κ1) is 16.9. The molecule has 24 heavy (non-hydrogen) atoms. The van der Waals surface area contributed by atoms with Gasteiger partial charge in [0.05, 0.1) is 16.1 Å². The number of benzene rings is 2. The number of fused-ring (bicyclic) bond motifs is 1. The normalized spacial score (nSPS) is 11.7. The van der Waals surface area contributed by atoms with E-state index in [9.17, 15) is 13.2 Å². The molecule has 0 aliphatic heterocycles. The molecule has 0 aliphatic carbocycles. The number of alkyl halides is 3. The SMILES string of the molecule is FC(F)(F)c1ccccc1OCc1ccnc2cc(Cl)cc(Cl)c12. The van der Waals surface area contributed by atoms with Crippen molar-refractivity contribution in [3.05, 3.63) is 69.8 Å². The summed E-state index contributed by atoms with van der Waals surface area (Å²) in [4.78, 5) is 4.17. The van der Waals surface area contributed by atoms with Gasteiger partial charge >= 0.3 is 6.18 Å². The summed E-state index contributed by atoms with van der Waals surface area (Å²) in [6, 6.07) is 9.91. The minimum absolute atomic E-state index is 0.0759. The summed E-state index contributed by atoms with van der Waals surface area (Å²) in [5.74, 6) is -0.236. The number of rotatable bonds is 3. The summed E-state index contributed by atoms with van der Waals surface area (Å²) in [6.45, 7) is -0.0759. The number of nitrogens with zero attached hydrogens (tertiary/aromatic N) is 1. The van der Waals surface area contributed by atoms with E-state index in [1.165, 1.54) is 24.4 Å². The first-order valence-corrected chi connectivity index (χ1v) is 7.63. The number of hydrogen-bond donors (Lipinski definition) is 0. The molecule has 3 aromatic rings. The minimum atomic E-state index is -4.48. The molecule has 0 N–H and O–H groups in total. The maximum atomic E-state index is 13.0. The molecule has 0 bridgehead atoms. The zero-order valence-electron chi connectivity index (χ0n) is 12.1. The van der Waals surface area contributed by atoms with Crippen LogP contribution in [0.15, 0.2) is 48.7 Å². The fourth-order valence-electron chi connectivity index (χ4n) is 2.37. The monoisotopic (exact) mass is 371 g/mol. The van der Waals surface area contributed by atoms with Crippen molar-refractivity contribution in [2.24, 2.45) is 0 Å². The number of halogens is 5. The predicted molar refractivity (Wildman–Crippen MR) is 87.5 cm³/mol. The van der Waals surface area contributed by atoms with Crippen LogP contribution in [0.4, 0.5) is 13.2 Å². The zero-order valence-corrected chi connectivity index (χ0v) is 13.6. The Kier molecular flexibility index (Phi) is 4.56. The number of para-hydroxylation sites is 1. The molecule has 1 heterocycles. The van der Waals surface area contributed by atoms with Crippen LogP contribution in [0.5, 0.6) is 5.75 Å². The Hall–Kier alpha value is -1.98. The van der Waals surface area contributed by atoms with E-state index in [2.05, 4.69) is 4.98 Å². The fraction of sp³-hybridized carbons (Fsp3) is 0.118. The molecule has 2 aromatic carbocycles. The van der Waals surface area contributed by atoms with E-state index in [0.717, 1.165) is 6.07 Å². The predicted octanol–water partition coefficient (Wildman–Crippen LogP) is 6.14. The van der Waals surface area contributed by atoms with Gasteiger partial charge in [-0.05, 0) is 30.3 Å². The molecule has 2 nitrogen and oxygen atoms in total. The molecule has 0 aliphatic rings. The molecule has 3 rings (SSSR count). The third-order valence-corrected chi connectivity index (χ3v) is 3.94. The molecule has 0 unspecified atom stereocenters. The largest absolute Gasteiger partial charge is 0.488 e. The van der Waals surface area contributed by atoms with Crippen LogP contribution in [-0.2, 0) is 12.8 Å². The van der Waals surface area contributed by atoms with E-state index < -0.39 is 11.7 Å². The molecule has 0 atom stereocenters. The summed E-state index contributed by atoms with van der Waals surface area (Å²) in [6.07, 6.45) is -2.95. The molecule has 0 amide bonds. The van der Waals surface area contributed by atoms with Crippen LogP contribution in [0.2, 0.25) is 10.0 Å². The lowest BCUT2D eigenvalue weighted by molar-refractivity contribution is -0.139. The lowest BCUT2D eigenvalue weighted by Crippen LogP contribution is -2.08. The Morgan fingerprint density at radius 2 is 1.79 bits per heavy atom. The highest BCUT2D eigenvalue weighted by molar-refractivity contribution is 6.38. The highest BCUT2D eigenvalue weighted by atomic mass is 35.5. The van der Waals surface area contributed by atoms with Gasteiger partial charge in [-0.15, -0.1) is 0 Å². The lowest BCUT2D eigenvalue weighted by atomic mass is 10.1. The topological polar surface area (TPSA) is 22.1 Å². The van der Waals surface area contributed by atoms with Gasteiger partial charge in [-0.3, -0.25) is 4.98 Å².